The Morgan fingerprint density at radius 1 is 1.28 bits per heavy atom. The maximum absolute atomic E-state index is 12.3. The number of para-hydroxylation sites is 2. The molecule has 2 aromatic carbocycles. The number of ether oxygens (including phenoxy) is 2. The molecule has 0 aliphatic heterocycles. The Bertz CT molecular complexity index is 1140. The second-order valence-corrected chi connectivity index (χ2v) is 7.92. The van der Waals surface area contributed by atoms with E-state index in [9.17, 15) is 14.9 Å². The minimum absolute atomic E-state index is 0.00669. The number of methoxy groups -OCH3 is 1. The third-order valence-corrected chi connectivity index (χ3v) is 5.72. The molecule has 1 amide bonds. The van der Waals surface area contributed by atoms with E-state index in [0.717, 1.165) is 11.8 Å². The number of nitrogens with zero attached hydrogens (tertiary/aromatic N) is 4. The van der Waals surface area contributed by atoms with Crippen LogP contribution >= 0.6 is 23.4 Å². The lowest BCUT2D eigenvalue weighted by atomic mass is 10.3. The van der Waals surface area contributed by atoms with Crippen LogP contribution in [0, 0.1) is 10.1 Å². The number of non-ortho nitro benzene ring substituents is 1. The number of halogens is 1. The minimum Gasteiger partial charge on any atom is -0.493 e. The summed E-state index contributed by atoms with van der Waals surface area (Å²) in [5, 5.41) is 22.5. The standard InChI is InChI=1S/C20H20ClN5O5S/c1-12(31-17-7-5-4-6-16(17)30-3)19-23-24-20(25(19)2)32-11-18(27)22-15-10-13(26(28)29)8-9-14(15)21/h4-10,12H,11H2,1-3H3,(H,22,27). The van der Waals surface area contributed by atoms with Gasteiger partial charge in [0.25, 0.3) is 5.69 Å². The number of amides is 1. The van der Waals surface area contributed by atoms with Gasteiger partial charge in [-0.05, 0) is 25.1 Å². The highest BCUT2D eigenvalue weighted by atomic mass is 35.5. The molecule has 1 aromatic heterocycles. The van der Waals surface area contributed by atoms with Crippen LogP contribution in [0.25, 0.3) is 0 Å². The summed E-state index contributed by atoms with van der Waals surface area (Å²) >= 11 is 7.18. The van der Waals surface area contributed by atoms with E-state index in [-0.39, 0.29) is 28.1 Å². The Morgan fingerprint density at radius 2 is 2.00 bits per heavy atom. The topological polar surface area (TPSA) is 121 Å². The number of thioether (sulfide) groups is 1. The molecule has 1 N–H and O–H groups in total. The van der Waals surface area contributed by atoms with Crippen LogP contribution in [0.3, 0.4) is 0 Å². The van der Waals surface area contributed by atoms with E-state index in [1.54, 1.807) is 30.9 Å². The highest BCUT2D eigenvalue weighted by Crippen LogP contribution is 2.31. The highest BCUT2D eigenvalue weighted by molar-refractivity contribution is 7.99. The van der Waals surface area contributed by atoms with Crippen molar-refractivity contribution in [2.75, 3.05) is 18.2 Å². The van der Waals surface area contributed by atoms with Gasteiger partial charge in [0.05, 0.1) is 28.5 Å². The maximum Gasteiger partial charge on any atom is 0.271 e. The smallest absolute Gasteiger partial charge is 0.271 e. The highest BCUT2D eigenvalue weighted by Gasteiger charge is 2.20. The van der Waals surface area contributed by atoms with Gasteiger partial charge in [-0.1, -0.05) is 35.5 Å². The largest absolute Gasteiger partial charge is 0.493 e. The zero-order chi connectivity index (χ0) is 23.3. The summed E-state index contributed by atoms with van der Waals surface area (Å²) in [4.78, 5) is 22.7. The summed E-state index contributed by atoms with van der Waals surface area (Å²) in [6.45, 7) is 1.84. The fraction of sp³-hybridized carbons (Fsp3) is 0.250. The van der Waals surface area contributed by atoms with Gasteiger partial charge in [0.2, 0.25) is 5.91 Å². The number of nitro groups is 1. The lowest BCUT2D eigenvalue weighted by Gasteiger charge is -2.16. The molecular formula is C20H20ClN5O5S. The van der Waals surface area contributed by atoms with Gasteiger partial charge >= 0.3 is 0 Å². The number of hydrogen-bond acceptors (Lipinski definition) is 8. The van der Waals surface area contributed by atoms with Crippen molar-refractivity contribution in [3.8, 4) is 11.5 Å². The van der Waals surface area contributed by atoms with E-state index >= 15 is 0 Å². The lowest BCUT2D eigenvalue weighted by molar-refractivity contribution is -0.384. The van der Waals surface area contributed by atoms with Crippen molar-refractivity contribution >= 4 is 40.6 Å². The van der Waals surface area contributed by atoms with E-state index in [4.69, 9.17) is 21.1 Å². The Kier molecular flexibility index (Phi) is 7.54. The average molecular weight is 478 g/mol. The van der Waals surface area contributed by atoms with Gasteiger partial charge in [-0.3, -0.25) is 14.9 Å². The van der Waals surface area contributed by atoms with Gasteiger partial charge in [-0.15, -0.1) is 10.2 Å². The molecule has 0 bridgehead atoms. The quantitative estimate of drug-likeness (QED) is 0.275. The molecule has 3 aromatic rings. The molecule has 0 aliphatic carbocycles. The molecule has 1 heterocycles. The van der Waals surface area contributed by atoms with Crippen LogP contribution in [0.1, 0.15) is 18.9 Å². The predicted octanol–water partition coefficient (Wildman–Crippen LogP) is 4.26. The normalized spacial score (nSPS) is 11.6. The molecule has 0 saturated carbocycles. The summed E-state index contributed by atoms with van der Waals surface area (Å²) in [7, 11) is 3.34. The third-order valence-electron chi connectivity index (χ3n) is 4.37. The molecular weight excluding hydrogens is 458 g/mol. The zero-order valence-electron chi connectivity index (χ0n) is 17.4. The fourth-order valence-corrected chi connectivity index (χ4v) is 3.69. The average Bonchev–Trinajstić information content (AvgIpc) is 3.14. The van der Waals surface area contributed by atoms with Gasteiger partial charge in [0.1, 0.15) is 0 Å². The van der Waals surface area contributed by atoms with Crippen molar-refractivity contribution in [3.05, 3.63) is 63.4 Å². The van der Waals surface area contributed by atoms with E-state index in [1.807, 2.05) is 19.1 Å². The Labute approximate surface area is 193 Å². The summed E-state index contributed by atoms with van der Waals surface area (Å²) in [5.74, 6) is 1.37. The van der Waals surface area contributed by atoms with E-state index in [2.05, 4.69) is 15.5 Å². The van der Waals surface area contributed by atoms with Crippen LogP contribution in [-0.2, 0) is 11.8 Å². The van der Waals surface area contributed by atoms with Crippen molar-refractivity contribution in [2.45, 2.75) is 18.2 Å². The number of anilines is 1. The summed E-state index contributed by atoms with van der Waals surface area (Å²) in [5.41, 5.74) is 0.00304. The van der Waals surface area contributed by atoms with Gasteiger partial charge in [0.15, 0.2) is 28.6 Å². The molecule has 10 nitrogen and oxygen atoms in total. The molecule has 0 spiro atoms. The monoisotopic (exact) mass is 477 g/mol. The Hall–Kier alpha value is -3.31. The van der Waals surface area contributed by atoms with Gasteiger partial charge < -0.3 is 19.4 Å². The number of benzene rings is 2. The van der Waals surface area contributed by atoms with Crippen molar-refractivity contribution in [1.82, 2.24) is 14.8 Å². The SMILES string of the molecule is COc1ccccc1OC(C)c1nnc(SCC(=O)Nc2cc([N+](=O)[O-])ccc2Cl)n1C. The number of aromatic nitrogens is 3. The molecule has 0 radical (unpaired) electrons. The molecule has 12 heteroatoms. The second-order valence-electron chi connectivity index (χ2n) is 6.57. The summed E-state index contributed by atoms with van der Waals surface area (Å²) in [6.07, 6.45) is -0.421. The molecule has 1 atom stereocenters. The minimum atomic E-state index is -0.559. The van der Waals surface area contributed by atoms with Crippen molar-refractivity contribution in [3.63, 3.8) is 0 Å². The molecule has 0 fully saturated rings. The van der Waals surface area contributed by atoms with Gasteiger partial charge in [-0.2, -0.15) is 0 Å². The van der Waals surface area contributed by atoms with E-state index < -0.39 is 11.0 Å². The predicted molar refractivity (Wildman–Crippen MR) is 121 cm³/mol. The number of carbonyl (C=O) groups is 1. The number of carbonyl (C=O) groups excluding carboxylic acids is 1. The third kappa shape index (κ3) is 5.48. The van der Waals surface area contributed by atoms with Crippen LogP contribution < -0.4 is 14.8 Å². The first-order valence-corrected chi connectivity index (χ1v) is 10.7. The van der Waals surface area contributed by atoms with Crippen molar-refractivity contribution in [2.24, 2.45) is 7.05 Å². The fourth-order valence-electron chi connectivity index (χ4n) is 2.80. The number of nitro benzene ring substituents is 1. The molecule has 168 valence electrons. The Balaban J connectivity index is 1.63. The first-order valence-electron chi connectivity index (χ1n) is 9.35. The number of rotatable bonds is 9. The van der Waals surface area contributed by atoms with Crippen LogP contribution in [0.4, 0.5) is 11.4 Å². The Morgan fingerprint density at radius 3 is 2.69 bits per heavy atom. The van der Waals surface area contributed by atoms with Crippen LogP contribution in [0.5, 0.6) is 11.5 Å². The maximum atomic E-state index is 12.3. The van der Waals surface area contributed by atoms with Crippen LogP contribution in [0.15, 0.2) is 47.6 Å². The van der Waals surface area contributed by atoms with Crippen LogP contribution in [0.2, 0.25) is 5.02 Å². The molecule has 0 aliphatic rings. The molecule has 0 saturated heterocycles. The van der Waals surface area contributed by atoms with E-state index in [0.29, 0.717) is 22.5 Å². The van der Waals surface area contributed by atoms with Gasteiger partial charge in [0, 0.05) is 19.2 Å². The molecule has 1 unspecified atom stereocenters. The number of nitrogens with one attached hydrogen (secondary N) is 1. The van der Waals surface area contributed by atoms with Crippen LogP contribution in [-0.4, -0.2) is 38.5 Å². The van der Waals surface area contributed by atoms with Crippen molar-refractivity contribution in [1.29, 1.82) is 0 Å². The molecule has 3 rings (SSSR count). The first-order chi connectivity index (χ1) is 15.3. The van der Waals surface area contributed by atoms with Crippen molar-refractivity contribution < 1.29 is 19.2 Å². The second kappa shape index (κ2) is 10.3. The first kappa shape index (κ1) is 23.4. The number of hydrogen-bond donors (Lipinski definition) is 1. The lowest BCUT2D eigenvalue weighted by Crippen LogP contribution is -2.15. The summed E-state index contributed by atoms with van der Waals surface area (Å²) < 4.78 is 13.0. The zero-order valence-corrected chi connectivity index (χ0v) is 19.0. The van der Waals surface area contributed by atoms with E-state index in [1.165, 1.54) is 18.2 Å². The summed E-state index contributed by atoms with van der Waals surface area (Å²) in [6, 6.07) is 11.1. The van der Waals surface area contributed by atoms with Gasteiger partial charge in [-0.25, -0.2) is 0 Å². The molecule has 32 heavy (non-hydrogen) atoms.